The Hall–Kier alpha value is -1.32. The van der Waals surface area contributed by atoms with Crippen LogP contribution in [0.3, 0.4) is 0 Å². The predicted octanol–water partition coefficient (Wildman–Crippen LogP) is 4.83. The number of nitrogens with zero attached hydrogens (tertiary/aromatic N) is 1. The fourth-order valence-electron chi connectivity index (χ4n) is 2.41. The minimum absolute atomic E-state index is 0.0760. The standard InChI is InChI=1S/C17H31N3O/c1-3-5-6-7-8-9-10-11-12-13-17(21)18-16-14-15(4-2)19-20-16/h14H,3-13H2,1-2H3,(H2,18,19,20,21). The van der Waals surface area contributed by atoms with Gasteiger partial charge in [0.2, 0.25) is 5.91 Å². The first kappa shape index (κ1) is 17.7. The van der Waals surface area contributed by atoms with Gasteiger partial charge in [-0.1, -0.05) is 65.2 Å². The summed E-state index contributed by atoms with van der Waals surface area (Å²) in [6.45, 7) is 4.30. The van der Waals surface area contributed by atoms with E-state index in [1.165, 1.54) is 44.9 Å². The van der Waals surface area contributed by atoms with Gasteiger partial charge in [-0.25, -0.2) is 0 Å². The Labute approximate surface area is 129 Å². The highest BCUT2D eigenvalue weighted by Crippen LogP contribution is 2.11. The predicted molar refractivity (Wildman–Crippen MR) is 88.4 cm³/mol. The first-order valence-corrected chi connectivity index (χ1v) is 8.60. The molecule has 0 spiro atoms. The van der Waals surface area contributed by atoms with Gasteiger partial charge in [-0.2, -0.15) is 5.10 Å². The third-order valence-electron chi connectivity index (χ3n) is 3.79. The summed E-state index contributed by atoms with van der Waals surface area (Å²) in [6, 6.07) is 1.90. The summed E-state index contributed by atoms with van der Waals surface area (Å²) in [5.41, 5.74) is 1.05. The summed E-state index contributed by atoms with van der Waals surface area (Å²) in [5.74, 6) is 0.722. The van der Waals surface area contributed by atoms with E-state index in [1.807, 2.05) is 6.07 Å². The van der Waals surface area contributed by atoms with Crippen molar-refractivity contribution in [3.63, 3.8) is 0 Å². The molecule has 0 aromatic carbocycles. The van der Waals surface area contributed by atoms with Crippen molar-refractivity contribution in [2.24, 2.45) is 0 Å². The zero-order valence-corrected chi connectivity index (χ0v) is 13.7. The molecule has 0 radical (unpaired) electrons. The number of nitrogens with one attached hydrogen (secondary N) is 2. The molecule has 120 valence electrons. The molecule has 2 N–H and O–H groups in total. The largest absolute Gasteiger partial charge is 0.309 e. The molecule has 0 bridgehead atoms. The second-order valence-electron chi connectivity index (χ2n) is 5.76. The van der Waals surface area contributed by atoms with E-state index in [4.69, 9.17) is 0 Å². The van der Waals surface area contributed by atoms with Gasteiger partial charge in [-0.3, -0.25) is 9.89 Å². The van der Waals surface area contributed by atoms with Crippen molar-refractivity contribution in [3.05, 3.63) is 11.8 Å². The summed E-state index contributed by atoms with van der Waals surface area (Å²) in [5, 5.41) is 9.80. The molecule has 0 saturated carbocycles. The van der Waals surface area contributed by atoms with Crippen molar-refractivity contribution in [2.75, 3.05) is 5.32 Å². The molecular formula is C17H31N3O. The third-order valence-corrected chi connectivity index (χ3v) is 3.79. The molecule has 4 nitrogen and oxygen atoms in total. The Kier molecular flexibility index (Phi) is 9.58. The zero-order valence-electron chi connectivity index (χ0n) is 13.7. The number of carbonyl (C=O) groups excluding carboxylic acids is 1. The Balaban J connectivity index is 1.96. The number of hydrogen-bond donors (Lipinski definition) is 2. The maximum Gasteiger partial charge on any atom is 0.225 e. The van der Waals surface area contributed by atoms with Crippen LogP contribution < -0.4 is 5.32 Å². The fourth-order valence-corrected chi connectivity index (χ4v) is 2.41. The average molecular weight is 293 g/mol. The maximum absolute atomic E-state index is 11.8. The maximum atomic E-state index is 11.8. The SMILES string of the molecule is CCCCCCCCCCCC(=O)Nc1cc(CC)[nH]n1. The molecular weight excluding hydrogens is 262 g/mol. The normalized spacial score (nSPS) is 10.8. The molecule has 1 aromatic heterocycles. The quantitative estimate of drug-likeness (QED) is 0.542. The lowest BCUT2D eigenvalue weighted by atomic mass is 10.1. The highest BCUT2D eigenvalue weighted by molar-refractivity contribution is 5.89. The van der Waals surface area contributed by atoms with Crippen molar-refractivity contribution < 1.29 is 4.79 Å². The number of hydrogen-bond acceptors (Lipinski definition) is 2. The van der Waals surface area contributed by atoms with Gasteiger partial charge >= 0.3 is 0 Å². The Morgan fingerprint density at radius 3 is 2.24 bits per heavy atom. The van der Waals surface area contributed by atoms with E-state index < -0.39 is 0 Å². The molecule has 0 aliphatic rings. The van der Waals surface area contributed by atoms with E-state index in [9.17, 15) is 4.79 Å². The molecule has 0 aliphatic carbocycles. The van der Waals surface area contributed by atoms with Crippen LogP contribution >= 0.6 is 0 Å². The van der Waals surface area contributed by atoms with Crippen LogP contribution in [0.2, 0.25) is 0 Å². The molecule has 21 heavy (non-hydrogen) atoms. The zero-order chi connectivity index (χ0) is 15.3. The van der Waals surface area contributed by atoms with Crippen LogP contribution in [0.15, 0.2) is 6.07 Å². The lowest BCUT2D eigenvalue weighted by Crippen LogP contribution is -2.11. The molecule has 0 atom stereocenters. The third kappa shape index (κ3) is 8.53. The van der Waals surface area contributed by atoms with Crippen molar-refractivity contribution in [1.82, 2.24) is 10.2 Å². The number of amides is 1. The molecule has 0 unspecified atom stereocenters. The van der Waals surface area contributed by atoms with Crippen LogP contribution in [-0.4, -0.2) is 16.1 Å². The number of carbonyl (C=O) groups is 1. The first-order chi connectivity index (χ1) is 10.3. The number of H-pyrrole nitrogens is 1. The van der Waals surface area contributed by atoms with Crippen molar-refractivity contribution in [3.8, 4) is 0 Å². The summed E-state index contributed by atoms with van der Waals surface area (Å²) in [6.07, 6.45) is 13.0. The lowest BCUT2D eigenvalue weighted by Gasteiger charge is -2.03. The summed E-state index contributed by atoms with van der Waals surface area (Å²) in [4.78, 5) is 11.8. The van der Waals surface area contributed by atoms with Crippen molar-refractivity contribution >= 4 is 11.7 Å². The number of aromatic nitrogens is 2. The Morgan fingerprint density at radius 1 is 1.05 bits per heavy atom. The van der Waals surface area contributed by atoms with Crippen LogP contribution in [-0.2, 0) is 11.2 Å². The Morgan fingerprint density at radius 2 is 1.67 bits per heavy atom. The number of aromatic amines is 1. The fraction of sp³-hybridized carbons (Fsp3) is 0.765. The van der Waals surface area contributed by atoms with Gasteiger partial charge in [0.1, 0.15) is 0 Å². The van der Waals surface area contributed by atoms with Gasteiger partial charge in [0.05, 0.1) is 0 Å². The molecule has 0 fully saturated rings. The van der Waals surface area contributed by atoms with E-state index >= 15 is 0 Å². The van der Waals surface area contributed by atoms with Gasteiger partial charge in [-0.05, 0) is 12.8 Å². The molecule has 1 amide bonds. The molecule has 0 saturated heterocycles. The Bertz CT molecular complexity index is 387. The number of anilines is 1. The molecule has 4 heteroatoms. The van der Waals surface area contributed by atoms with Gasteiger partial charge in [0.25, 0.3) is 0 Å². The van der Waals surface area contributed by atoms with E-state index in [0.717, 1.165) is 25.0 Å². The molecule has 1 rings (SSSR count). The summed E-state index contributed by atoms with van der Waals surface area (Å²) < 4.78 is 0. The molecule has 1 heterocycles. The summed E-state index contributed by atoms with van der Waals surface area (Å²) >= 11 is 0. The number of rotatable bonds is 12. The molecule has 1 aromatic rings. The van der Waals surface area contributed by atoms with E-state index in [2.05, 4.69) is 29.4 Å². The number of unbranched alkanes of at least 4 members (excludes halogenated alkanes) is 8. The number of aryl methyl sites for hydroxylation is 1. The smallest absolute Gasteiger partial charge is 0.225 e. The van der Waals surface area contributed by atoms with Crippen molar-refractivity contribution in [2.45, 2.75) is 84.5 Å². The first-order valence-electron chi connectivity index (χ1n) is 8.60. The van der Waals surface area contributed by atoms with Gasteiger partial charge in [0, 0.05) is 18.2 Å². The van der Waals surface area contributed by atoms with Gasteiger partial charge in [0.15, 0.2) is 5.82 Å². The topological polar surface area (TPSA) is 57.8 Å². The average Bonchev–Trinajstić information content (AvgIpc) is 2.93. The van der Waals surface area contributed by atoms with Gasteiger partial charge < -0.3 is 5.32 Å². The van der Waals surface area contributed by atoms with E-state index in [1.54, 1.807) is 0 Å². The minimum atomic E-state index is 0.0760. The van der Waals surface area contributed by atoms with Crippen LogP contribution in [0.4, 0.5) is 5.82 Å². The lowest BCUT2D eigenvalue weighted by molar-refractivity contribution is -0.116. The highest BCUT2D eigenvalue weighted by atomic mass is 16.1. The minimum Gasteiger partial charge on any atom is -0.309 e. The second kappa shape index (κ2) is 11.4. The molecule has 0 aliphatic heterocycles. The summed E-state index contributed by atoms with van der Waals surface area (Å²) in [7, 11) is 0. The van der Waals surface area contributed by atoms with Crippen LogP contribution in [0.25, 0.3) is 0 Å². The van der Waals surface area contributed by atoms with Crippen LogP contribution in [0.1, 0.15) is 83.7 Å². The second-order valence-corrected chi connectivity index (χ2v) is 5.76. The van der Waals surface area contributed by atoms with E-state index in [0.29, 0.717) is 12.2 Å². The van der Waals surface area contributed by atoms with Crippen LogP contribution in [0, 0.1) is 0 Å². The van der Waals surface area contributed by atoms with Crippen molar-refractivity contribution in [1.29, 1.82) is 0 Å². The highest BCUT2D eigenvalue weighted by Gasteiger charge is 2.05. The van der Waals surface area contributed by atoms with E-state index in [-0.39, 0.29) is 5.91 Å². The van der Waals surface area contributed by atoms with Crippen LogP contribution in [0.5, 0.6) is 0 Å². The van der Waals surface area contributed by atoms with Gasteiger partial charge in [-0.15, -0.1) is 0 Å². The monoisotopic (exact) mass is 293 g/mol.